The number of carbonyl (C=O) groups excluding carboxylic acids is 2. The van der Waals surface area contributed by atoms with E-state index in [-0.39, 0.29) is 11.8 Å². The third-order valence-electron chi connectivity index (χ3n) is 3.92. The fourth-order valence-electron chi connectivity index (χ4n) is 2.18. The summed E-state index contributed by atoms with van der Waals surface area (Å²) in [6, 6.07) is 0. The van der Waals surface area contributed by atoms with E-state index in [4.69, 9.17) is 4.74 Å². The number of methoxy groups -OCH3 is 1. The molecular formula is C17H24O3Si. The molecule has 0 saturated heterocycles. The molecule has 0 heterocycles. The maximum Gasteiger partial charge on any atom is 0.313 e. The molecule has 0 aromatic rings. The van der Waals surface area contributed by atoms with Crippen LogP contribution in [-0.4, -0.2) is 26.9 Å². The van der Waals surface area contributed by atoms with E-state index in [1.165, 1.54) is 19.3 Å². The van der Waals surface area contributed by atoms with Crippen LogP contribution in [0.2, 0.25) is 19.6 Å². The first-order valence-electron chi connectivity index (χ1n) is 7.05. The smallest absolute Gasteiger partial charge is 0.313 e. The fourth-order valence-corrected chi connectivity index (χ4v) is 2.80. The van der Waals surface area contributed by atoms with Gasteiger partial charge in [0, 0.05) is 11.8 Å². The van der Waals surface area contributed by atoms with E-state index in [1.807, 2.05) is 13.8 Å². The monoisotopic (exact) mass is 304 g/mol. The highest BCUT2D eigenvalue weighted by Crippen LogP contribution is 2.46. The van der Waals surface area contributed by atoms with E-state index in [1.54, 1.807) is 12.2 Å². The van der Waals surface area contributed by atoms with E-state index in [0.717, 1.165) is 0 Å². The number of carbonyl (C=O) groups is 2. The zero-order chi connectivity index (χ0) is 16.3. The van der Waals surface area contributed by atoms with Gasteiger partial charge in [0.2, 0.25) is 0 Å². The minimum Gasteiger partial charge on any atom is -0.469 e. The largest absolute Gasteiger partial charge is 0.469 e. The Morgan fingerprint density at radius 3 is 2.29 bits per heavy atom. The summed E-state index contributed by atoms with van der Waals surface area (Å²) in [5.74, 6) is 2.80. The SMILES string of the molecule is COC(=O)C(C)(CC#C[Si](C)(C)C)C1(C)C=CC(=O)C=C1. The molecule has 0 spiro atoms. The van der Waals surface area contributed by atoms with Crippen LogP contribution < -0.4 is 0 Å². The summed E-state index contributed by atoms with van der Waals surface area (Å²) in [4.78, 5) is 23.7. The second kappa shape index (κ2) is 6.03. The molecule has 0 aliphatic heterocycles. The van der Waals surface area contributed by atoms with E-state index < -0.39 is 18.9 Å². The highest BCUT2D eigenvalue weighted by molar-refractivity contribution is 6.83. The lowest BCUT2D eigenvalue weighted by atomic mass is 9.62. The number of ether oxygens (including phenoxy) is 1. The van der Waals surface area contributed by atoms with Crippen LogP contribution in [0, 0.1) is 22.3 Å². The van der Waals surface area contributed by atoms with Gasteiger partial charge in [-0.25, -0.2) is 0 Å². The molecule has 21 heavy (non-hydrogen) atoms. The topological polar surface area (TPSA) is 43.4 Å². The van der Waals surface area contributed by atoms with Gasteiger partial charge in [-0.2, -0.15) is 0 Å². The zero-order valence-corrected chi connectivity index (χ0v) is 14.7. The summed E-state index contributed by atoms with van der Waals surface area (Å²) in [5, 5.41) is 0. The summed E-state index contributed by atoms with van der Waals surface area (Å²) in [6.07, 6.45) is 6.98. The highest BCUT2D eigenvalue weighted by Gasteiger charge is 2.48. The van der Waals surface area contributed by atoms with Gasteiger partial charge < -0.3 is 4.74 Å². The second-order valence-corrected chi connectivity index (χ2v) is 11.7. The van der Waals surface area contributed by atoms with Gasteiger partial charge in [0.25, 0.3) is 0 Å². The van der Waals surface area contributed by atoms with Gasteiger partial charge in [0.05, 0.1) is 12.5 Å². The van der Waals surface area contributed by atoms with Crippen molar-refractivity contribution in [1.82, 2.24) is 0 Å². The van der Waals surface area contributed by atoms with Crippen molar-refractivity contribution in [3.63, 3.8) is 0 Å². The Kier molecular flexibility index (Phi) is 5.01. The Hall–Kier alpha value is -1.60. The quantitative estimate of drug-likeness (QED) is 0.457. The predicted molar refractivity (Wildman–Crippen MR) is 87.3 cm³/mol. The van der Waals surface area contributed by atoms with E-state index in [0.29, 0.717) is 6.42 Å². The van der Waals surface area contributed by atoms with Crippen LogP contribution in [0.5, 0.6) is 0 Å². The number of hydrogen-bond acceptors (Lipinski definition) is 3. The molecule has 0 saturated carbocycles. The summed E-state index contributed by atoms with van der Waals surface area (Å²) in [6.45, 7) is 10.3. The molecule has 0 radical (unpaired) electrons. The van der Waals surface area contributed by atoms with Crippen molar-refractivity contribution in [2.45, 2.75) is 39.9 Å². The molecule has 3 nitrogen and oxygen atoms in total. The average molecular weight is 304 g/mol. The Bertz CT molecular complexity index is 539. The predicted octanol–water partition coefficient (Wildman–Crippen LogP) is 3.14. The third kappa shape index (κ3) is 3.95. The molecule has 0 bridgehead atoms. The Morgan fingerprint density at radius 1 is 1.33 bits per heavy atom. The van der Waals surface area contributed by atoms with E-state index in [2.05, 4.69) is 31.1 Å². The fraction of sp³-hybridized carbons (Fsp3) is 0.529. The van der Waals surface area contributed by atoms with Gasteiger partial charge in [-0.15, -0.1) is 11.5 Å². The van der Waals surface area contributed by atoms with Gasteiger partial charge in [-0.05, 0) is 19.1 Å². The molecule has 1 aliphatic carbocycles. The normalized spacial score (nSPS) is 19.4. The average Bonchev–Trinajstić information content (AvgIpc) is 2.39. The summed E-state index contributed by atoms with van der Waals surface area (Å²) in [7, 11) is -0.104. The van der Waals surface area contributed by atoms with Crippen molar-refractivity contribution in [1.29, 1.82) is 0 Å². The van der Waals surface area contributed by atoms with Gasteiger partial charge in [-0.3, -0.25) is 9.59 Å². The number of rotatable bonds is 3. The summed E-state index contributed by atoms with van der Waals surface area (Å²) in [5.41, 5.74) is 1.89. The minimum atomic E-state index is -1.49. The van der Waals surface area contributed by atoms with Crippen LogP contribution in [0.15, 0.2) is 24.3 Å². The molecule has 0 N–H and O–H groups in total. The summed E-state index contributed by atoms with van der Waals surface area (Å²) >= 11 is 0. The molecule has 4 heteroatoms. The Balaban J connectivity index is 3.18. The van der Waals surface area contributed by atoms with Crippen LogP contribution in [0.3, 0.4) is 0 Å². The number of allylic oxidation sites excluding steroid dienone is 4. The zero-order valence-electron chi connectivity index (χ0n) is 13.7. The maximum absolute atomic E-state index is 12.3. The lowest BCUT2D eigenvalue weighted by molar-refractivity contribution is -0.156. The molecule has 1 atom stereocenters. The molecular weight excluding hydrogens is 280 g/mol. The van der Waals surface area contributed by atoms with Crippen molar-refractivity contribution in [2.24, 2.45) is 10.8 Å². The first-order chi connectivity index (χ1) is 9.54. The van der Waals surface area contributed by atoms with Crippen LogP contribution in [0.1, 0.15) is 20.3 Å². The second-order valence-electron chi connectivity index (χ2n) is 6.90. The van der Waals surface area contributed by atoms with Crippen LogP contribution >= 0.6 is 0 Å². The molecule has 0 aromatic carbocycles. The standard InChI is InChI=1S/C17H24O3Si/c1-16(11-8-14(18)9-12-16)17(2,15(19)20-3)10-7-13-21(4,5)6/h8-9,11-12H,10H2,1-6H3. The van der Waals surface area contributed by atoms with Gasteiger partial charge in [-0.1, -0.05) is 38.7 Å². The molecule has 0 fully saturated rings. The number of hydrogen-bond donors (Lipinski definition) is 0. The third-order valence-corrected chi connectivity index (χ3v) is 4.84. The summed E-state index contributed by atoms with van der Waals surface area (Å²) < 4.78 is 5.00. The molecule has 1 unspecified atom stereocenters. The van der Waals surface area contributed by atoms with E-state index in [9.17, 15) is 9.59 Å². The van der Waals surface area contributed by atoms with Crippen LogP contribution in [0.25, 0.3) is 0 Å². The van der Waals surface area contributed by atoms with Gasteiger partial charge in [0.1, 0.15) is 8.07 Å². The van der Waals surface area contributed by atoms with Crippen molar-refractivity contribution in [3.8, 4) is 11.5 Å². The molecule has 1 rings (SSSR count). The molecule has 1 aliphatic rings. The first kappa shape index (κ1) is 17.4. The van der Waals surface area contributed by atoms with Crippen molar-refractivity contribution >= 4 is 19.8 Å². The van der Waals surface area contributed by atoms with E-state index >= 15 is 0 Å². The molecule has 0 amide bonds. The lowest BCUT2D eigenvalue weighted by Gasteiger charge is -2.40. The molecule has 114 valence electrons. The first-order valence-corrected chi connectivity index (χ1v) is 10.5. The molecule has 0 aromatic heterocycles. The van der Waals surface area contributed by atoms with Crippen molar-refractivity contribution in [3.05, 3.63) is 24.3 Å². The number of ketones is 1. The maximum atomic E-state index is 12.3. The van der Waals surface area contributed by atoms with Crippen LogP contribution in [0.4, 0.5) is 0 Å². The lowest BCUT2D eigenvalue weighted by Crippen LogP contribution is -2.43. The minimum absolute atomic E-state index is 0.0622. The highest BCUT2D eigenvalue weighted by atomic mass is 28.3. The van der Waals surface area contributed by atoms with Crippen molar-refractivity contribution in [2.75, 3.05) is 7.11 Å². The van der Waals surface area contributed by atoms with Gasteiger partial charge in [0.15, 0.2) is 5.78 Å². The Morgan fingerprint density at radius 2 is 1.86 bits per heavy atom. The number of esters is 1. The Labute approximate surface area is 128 Å². The van der Waals surface area contributed by atoms with Crippen LogP contribution in [-0.2, 0) is 14.3 Å². The van der Waals surface area contributed by atoms with Gasteiger partial charge >= 0.3 is 5.97 Å². The van der Waals surface area contributed by atoms with Crippen molar-refractivity contribution < 1.29 is 14.3 Å².